The van der Waals surface area contributed by atoms with Crippen LogP contribution in [0, 0.1) is 0 Å². The van der Waals surface area contributed by atoms with Gasteiger partial charge >= 0.3 is 5.97 Å². The van der Waals surface area contributed by atoms with Crippen LogP contribution in [0.15, 0.2) is 0 Å². The Labute approximate surface area is 97.3 Å². The van der Waals surface area contributed by atoms with E-state index >= 15 is 0 Å². The Kier molecular flexibility index (Phi) is 3.65. The summed E-state index contributed by atoms with van der Waals surface area (Å²) in [7, 11) is 0. The van der Waals surface area contributed by atoms with E-state index in [0.29, 0.717) is 19.4 Å². The van der Waals surface area contributed by atoms with Crippen LogP contribution in [0.5, 0.6) is 0 Å². The van der Waals surface area contributed by atoms with Crippen molar-refractivity contribution < 1.29 is 15.0 Å². The van der Waals surface area contributed by atoms with Crippen LogP contribution in [-0.2, 0) is 4.79 Å². The largest absolute Gasteiger partial charge is 0.481 e. The predicted molar refractivity (Wildman–Crippen MR) is 62.4 cm³/mol. The number of likely N-dealkylation sites (tertiary alicyclic amines) is 1. The molecule has 0 bridgehead atoms. The Morgan fingerprint density at radius 2 is 1.69 bits per heavy atom. The lowest BCUT2D eigenvalue weighted by atomic mass is 9.78. The number of aliphatic carboxylic acids is 1. The predicted octanol–water partition coefficient (Wildman–Crippen LogP) is 1.47. The smallest absolute Gasteiger partial charge is 0.304 e. The molecule has 0 atom stereocenters. The van der Waals surface area contributed by atoms with Crippen LogP contribution in [0.25, 0.3) is 0 Å². The molecule has 0 aromatic heterocycles. The molecule has 1 heterocycles. The first kappa shape index (κ1) is 13.5. The summed E-state index contributed by atoms with van der Waals surface area (Å²) >= 11 is 0. The summed E-state index contributed by atoms with van der Waals surface area (Å²) in [5, 5.41) is 18.6. The van der Waals surface area contributed by atoms with Gasteiger partial charge in [0.25, 0.3) is 0 Å². The zero-order valence-electron chi connectivity index (χ0n) is 10.7. The van der Waals surface area contributed by atoms with Gasteiger partial charge in [0.1, 0.15) is 0 Å². The topological polar surface area (TPSA) is 60.8 Å². The van der Waals surface area contributed by atoms with Gasteiger partial charge < -0.3 is 10.2 Å². The average molecular weight is 229 g/mol. The minimum absolute atomic E-state index is 0.142. The van der Waals surface area contributed by atoms with Crippen LogP contribution >= 0.6 is 0 Å². The molecule has 94 valence electrons. The molecule has 1 rings (SSSR count). The quantitative estimate of drug-likeness (QED) is 0.769. The normalized spacial score (nSPS) is 25.6. The summed E-state index contributed by atoms with van der Waals surface area (Å²) < 4.78 is 0. The molecule has 0 aromatic carbocycles. The highest BCUT2D eigenvalue weighted by Gasteiger charge is 2.44. The summed E-state index contributed by atoms with van der Waals surface area (Å²) in [6.07, 6.45) is 1.28. The zero-order valence-corrected chi connectivity index (χ0v) is 10.7. The Balaban J connectivity index is 2.80. The molecular formula is C12H23NO3. The van der Waals surface area contributed by atoms with E-state index in [0.717, 1.165) is 0 Å². The first-order chi connectivity index (χ1) is 7.15. The molecule has 0 radical (unpaired) electrons. The van der Waals surface area contributed by atoms with Crippen LogP contribution in [0.2, 0.25) is 0 Å². The molecule has 0 saturated carbocycles. The number of carboxylic acids is 1. The lowest BCUT2D eigenvalue weighted by molar-refractivity contribution is -0.139. The van der Waals surface area contributed by atoms with Gasteiger partial charge in [0, 0.05) is 17.6 Å². The van der Waals surface area contributed by atoms with Gasteiger partial charge in [0.05, 0.1) is 12.5 Å². The molecule has 0 aromatic rings. The fourth-order valence-electron chi connectivity index (χ4n) is 3.08. The van der Waals surface area contributed by atoms with Crippen molar-refractivity contribution in [3.63, 3.8) is 0 Å². The number of carbonyl (C=O) groups is 1. The van der Waals surface area contributed by atoms with E-state index in [4.69, 9.17) is 5.11 Å². The van der Waals surface area contributed by atoms with Crippen LogP contribution < -0.4 is 0 Å². The minimum Gasteiger partial charge on any atom is -0.481 e. The van der Waals surface area contributed by atoms with Gasteiger partial charge in [-0.1, -0.05) is 0 Å². The monoisotopic (exact) mass is 229 g/mol. The molecule has 0 amide bonds. The third-order valence-electron chi connectivity index (χ3n) is 3.48. The summed E-state index contributed by atoms with van der Waals surface area (Å²) in [4.78, 5) is 12.9. The summed E-state index contributed by atoms with van der Waals surface area (Å²) in [5.74, 6) is -0.766. The van der Waals surface area contributed by atoms with Crippen molar-refractivity contribution in [2.45, 2.75) is 64.1 Å². The first-order valence-corrected chi connectivity index (χ1v) is 5.83. The Morgan fingerprint density at radius 1 is 1.25 bits per heavy atom. The SMILES string of the molecule is CC1(C)CC(O)CC(C)(C)N1CCC(=O)O. The number of piperidine rings is 1. The number of carboxylic acid groups (broad SMARTS) is 1. The van der Waals surface area contributed by atoms with Crippen molar-refractivity contribution in [1.29, 1.82) is 0 Å². The van der Waals surface area contributed by atoms with Gasteiger partial charge in [-0.2, -0.15) is 0 Å². The second-order valence-electron chi connectivity index (χ2n) is 5.98. The third-order valence-corrected chi connectivity index (χ3v) is 3.48. The number of aliphatic hydroxyl groups excluding tert-OH is 1. The second kappa shape index (κ2) is 4.34. The van der Waals surface area contributed by atoms with Crippen molar-refractivity contribution in [2.75, 3.05) is 6.54 Å². The van der Waals surface area contributed by atoms with Crippen molar-refractivity contribution in [1.82, 2.24) is 4.90 Å². The Morgan fingerprint density at radius 3 is 2.06 bits per heavy atom. The summed E-state index contributed by atoms with van der Waals surface area (Å²) in [6.45, 7) is 8.82. The van der Waals surface area contributed by atoms with Gasteiger partial charge in [0.2, 0.25) is 0 Å². The van der Waals surface area contributed by atoms with E-state index < -0.39 is 5.97 Å². The van der Waals surface area contributed by atoms with Gasteiger partial charge in [-0.3, -0.25) is 9.69 Å². The van der Waals surface area contributed by atoms with Crippen molar-refractivity contribution in [2.24, 2.45) is 0 Å². The zero-order chi connectivity index (χ0) is 12.6. The average Bonchev–Trinajstić information content (AvgIpc) is 1.96. The molecule has 4 heteroatoms. The molecule has 2 N–H and O–H groups in total. The van der Waals surface area contributed by atoms with Gasteiger partial charge in [-0.15, -0.1) is 0 Å². The number of hydrogen-bond acceptors (Lipinski definition) is 3. The highest BCUT2D eigenvalue weighted by Crippen LogP contribution is 2.38. The molecule has 1 saturated heterocycles. The van der Waals surface area contributed by atoms with E-state index in [-0.39, 0.29) is 23.6 Å². The lowest BCUT2D eigenvalue weighted by Gasteiger charge is -2.54. The van der Waals surface area contributed by atoms with Crippen LogP contribution in [0.3, 0.4) is 0 Å². The van der Waals surface area contributed by atoms with Crippen molar-refractivity contribution >= 4 is 5.97 Å². The first-order valence-electron chi connectivity index (χ1n) is 5.83. The summed E-state index contributed by atoms with van der Waals surface area (Å²) in [6, 6.07) is 0. The maximum absolute atomic E-state index is 10.7. The minimum atomic E-state index is -0.766. The summed E-state index contributed by atoms with van der Waals surface area (Å²) in [5.41, 5.74) is -0.284. The van der Waals surface area contributed by atoms with E-state index in [9.17, 15) is 9.90 Å². The maximum atomic E-state index is 10.7. The highest BCUT2D eigenvalue weighted by molar-refractivity contribution is 5.66. The number of nitrogens with zero attached hydrogens (tertiary/aromatic N) is 1. The van der Waals surface area contributed by atoms with E-state index in [1.165, 1.54) is 0 Å². The standard InChI is InChI=1S/C12H23NO3/c1-11(2)7-9(14)8-12(3,4)13(11)6-5-10(15)16/h9,14H,5-8H2,1-4H3,(H,15,16). The van der Waals surface area contributed by atoms with E-state index in [1.807, 2.05) is 0 Å². The molecule has 4 nitrogen and oxygen atoms in total. The lowest BCUT2D eigenvalue weighted by Crippen LogP contribution is -2.62. The number of hydrogen-bond donors (Lipinski definition) is 2. The third kappa shape index (κ3) is 2.95. The van der Waals surface area contributed by atoms with Crippen molar-refractivity contribution in [3.8, 4) is 0 Å². The molecule has 1 fully saturated rings. The van der Waals surface area contributed by atoms with E-state index in [1.54, 1.807) is 0 Å². The molecule has 16 heavy (non-hydrogen) atoms. The van der Waals surface area contributed by atoms with Crippen LogP contribution in [0.1, 0.15) is 47.0 Å². The van der Waals surface area contributed by atoms with Crippen LogP contribution in [-0.4, -0.2) is 44.8 Å². The number of rotatable bonds is 3. The molecule has 0 aliphatic carbocycles. The maximum Gasteiger partial charge on any atom is 0.304 e. The molecular weight excluding hydrogens is 206 g/mol. The fraction of sp³-hybridized carbons (Fsp3) is 0.917. The van der Waals surface area contributed by atoms with Gasteiger partial charge in [0.15, 0.2) is 0 Å². The molecule has 1 aliphatic heterocycles. The Bertz CT molecular complexity index is 255. The second-order valence-corrected chi connectivity index (χ2v) is 5.98. The Hall–Kier alpha value is -0.610. The van der Waals surface area contributed by atoms with Gasteiger partial charge in [-0.25, -0.2) is 0 Å². The van der Waals surface area contributed by atoms with Gasteiger partial charge in [-0.05, 0) is 40.5 Å². The highest BCUT2D eigenvalue weighted by atomic mass is 16.4. The molecule has 1 aliphatic rings. The van der Waals surface area contributed by atoms with Crippen molar-refractivity contribution in [3.05, 3.63) is 0 Å². The molecule has 0 spiro atoms. The van der Waals surface area contributed by atoms with Crippen LogP contribution in [0.4, 0.5) is 0 Å². The fourth-order valence-corrected chi connectivity index (χ4v) is 3.08. The number of aliphatic hydroxyl groups is 1. The van der Waals surface area contributed by atoms with E-state index in [2.05, 4.69) is 32.6 Å². The molecule has 0 unspecified atom stereocenters.